The van der Waals surface area contributed by atoms with E-state index >= 15 is 0 Å². The maximum Gasteiger partial charge on any atom is 0.307 e. The van der Waals surface area contributed by atoms with Crippen LogP contribution in [-0.2, 0) is 19.1 Å². The number of amides is 1. The van der Waals surface area contributed by atoms with Gasteiger partial charge in [-0.1, -0.05) is 13.8 Å². The molecule has 1 saturated heterocycles. The van der Waals surface area contributed by atoms with Crippen molar-refractivity contribution < 1.29 is 19.1 Å². The predicted molar refractivity (Wildman–Crippen MR) is 75.3 cm³/mol. The van der Waals surface area contributed by atoms with E-state index in [4.69, 9.17) is 9.47 Å². The van der Waals surface area contributed by atoms with Gasteiger partial charge in [0.1, 0.15) is 0 Å². The van der Waals surface area contributed by atoms with Crippen molar-refractivity contribution in [3.63, 3.8) is 0 Å². The first-order valence-corrected chi connectivity index (χ1v) is 7.24. The first-order valence-electron chi connectivity index (χ1n) is 7.24. The second-order valence-electron chi connectivity index (χ2n) is 5.22. The van der Waals surface area contributed by atoms with E-state index < -0.39 is 5.54 Å². The third kappa shape index (κ3) is 5.09. The van der Waals surface area contributed by atoms with Crippen molar-refractivity contribution in [3.8, 4) is 0 Å². The van der Waals surface area contributed by atoms with Crippen LogP contribution in [0.15, 0.2) is 0 Å². The average molecular weight is 286 g/mol. The van der Waals surface area contributed by atoms with Gasteiger partial charge in [0.05, 0.1) is 26.7 Å². The van der Waals surface area contributed by atoms with Crippen LogP contribution in [0.25, 0.3) is 0 Å². The lowest BCUT2D eigenvalue weighted by Gasteiger charge is -2.33. The van der Waals surface area contributed by atoms with Crippen LogP contribution in [0.1, 0.15) is 39.5 Å². The zero-order valence-electron chi connectivity index (χ0n) is 12.7. The Hall–Kier alpha value is -1.14. The second-order valence-corrected chi connectivity index (χ2v) is 5.22. The minimum Gasteiger partial charge on any atom is -0.469 e. The van der Waals surface area contributed by atoms with Crippen LogP contribution in [0.5, 0.6) is 0 Å². The quantitative estimate of drug-likeness (QED) is 0.670. The molecule has 0 aliphatic carbocycles. The van der Waals surface area contributed by atoms with Crippen LogP contribution in [0.4, 0.5) is 0 Å². The van der Waals surface area contributed by atoms with Crippen LogP contribution >= 0.6 is 0 Å². The summed E-state index contributed by atoms with van der Waals surface area (Å²) in [6.45, 7) is 5.94. The molecule has 0 spiro atoms. The van der Waals surface area contributed by atoms with Crippen molar-refractivity contribution in [1.29, 1.82) is 0 Å². The summed E-state index contributed by atoms with van der Waals surface area (Å²) in [7, 11) is 1.36. The number of rotatable bonds is 7. The van der Waals surface area contributed by atoms with E-state index in [0.717, 1.165) is 6.54 Å². The molecule has 1 fully saturated rings. The van der Waals surface area contributed by atoms with Gasteiger partial charge in [0.2, 0.25) is 5.91 Å². The molecule has 0 bridgehead atoms. The number of morpholine rings is 1. The largest absolute Gasteiger partial charge is 0.469 e. The lowest BCUT2D eigenvalue weighted by Crippen LogP contribution is -2.52. The van der Waals surface area contributed by atoms with Crippen LogP contribution < -0.4 is 10.6 Å². The number of hydrogen-bond acceptors (Lipinski definition) is 5. The second kappa shape index (κ2) is 8.21. The first-order chi connectivity index (χ1) is 9.55. The van der Waals surface area contributed by atoms with Gasteiger partial charge in [0.25, 0.3) is 0 Å². The number of carbonyl (C=O) groups excluding carboxylic acids is 2. The summed E-state index contributed by atoms with van der Waals surface area (Å²) in [5.41, 5.74) is -0.514. The number of hydrogen-bond donors (Lipinski definition) is 2. The molecule has 2 N–H and O–H groups in total. The highest BCUT2D eigenvalue weighted by Crippen LogP contribution is 2.21. The molecule has 0 saturated carbocycles. The molecule has 0 aromatic carbocycles. The molecule has 1 rings (SSSR count). The normalized spacial score (nSPS) is 19.4. The summed E-state index contributed by atoms with van der Waals surface area (Å²) in [6.07, 6.45) is 1.96. The molecule has 1 aliphatic heterocycles. The van der Waals surface area contributed by atoms with Gasteiger partial charge < -0.3 is 20.1 Å². The highest BCUT2D eigenvalue weighted by Gasteiger charge is 2.32. The maximum absolute atomic E-state index is 12.2. The summed E-state index contributed by atoms with van der Waals surface area (Å²) in [5, 5.41) is 6.25. The van der Waals surface area contributed by atoms with Gasteiger partial charge in [-0.25, -0.2) is 0 Å². The van der Waals surface area contributed by atoms with E-state index in [-0.39, 0.29) is 24.3 Å². The van der Waals surface area contributed by atoms with Gasteiger partial charge >= 0.3 is 5.97 Å². The Morgan fingerprint density at radius 2 is 2.10 bits per heavy atom. The molecule has 1 atom stereocenters. The molecule has 1 unspecified atom stereocenters. The standard InChI is InChI=1S/C14H26N2O4/c1-4-14(5-2,9-13(18)19-3)16-12(17)8-11-10-20-7-6-15-11/h11,15H,4-10H2,1-3H3,(H,16,17). The fourth-order valence-electron chi connectivity index (χ4n) is 2.39. The molecular formula is C14H26N2O4. The van der Waals surface area contributed by atoms with E-state index in [1.807, 2.05) is 13.8 Å². The van der Waals surface area contributed by atoms with Gasteiger partial charge in [0, 0.05) is 24.5 Å². The zero-order chi connectivity index (χ0) is 15.0. The number of ether oxygens (including phenoxy) is 2. The van der Waals surface area contributed by atoms with Gasteiger partial charge in [-0.15, -0.1) is 0 Å². The summed E-state index contributed by atoms with van der Waals surface area (Å²) in [5.74, 6) is -0.353. The minimum atomic E-state index is -0.514. The molecule has 0 aromatic rings. The Labute approximate surface area is 120 Å². The number of methoxy groups -OCH3 is 1. The van der Waals surface area contributed by atoms with Crippen molar-refractivity contribution in [3.05, 3.63) is 0 Å². The molecule has 6 heteroatoms. The molecule has 0 aromatic heterocycles. The first kappa shape index (κ1) is 16.9. The van der Waals surface area contributed by atoms with E-state index in [0.29, 0.717) is 32.5 Å². The lowest BCUT2D eigenvalue weighted by atomic mass is 9.88. The average Bonchev–Trinajstić information content (AvgIpc) is 2.47. The van der Waals surface area contributed by atoms with Gasteiger partial charge in [-0.05, 0) is 12.8 Å². The van der Waals surface area contributed by atoms with Crippen molar-refractivity contribution in [2.45, 2.75) is 51.1 Å². The van der Waals surface area contributed by atoms with E-state index in [1.54, 1.807) is 0 Å². The Balaban J connectivity index is 2.54. The van der Waals surface area contributed by atoms with Gasteiger partial charge in [0.15, 0.2) is 0 Å². The zero-order valence-corrected chi connectivity index (χ0v) is 12.7. The maximum atomic E-state index is 12.2. The number of esters is 1. The summed E-state index contributed by atoms with van der Waals surface area (Å²) < 4.78 is 10.0. The van der Waals surface area contributed by atoms with E-state index in [9.17, 15) is 9.59 Å². The molecule has 6 nitrogen and oxygen atoms in total. The van der Waals surface area contributed by atoms with Crippen LogP contribution in [0.3, 0.4) is 0 Å². The Bertz CT molecular complexity index is 323. The fourth-order valence-corrected chi connectivity index (χ4v) is 2.39. The minimum absolute atomic E-state index is 0.0493. The van der Waals surface area contributed by atoms with Crippen molar-refractivity contribution in [2.75, 3.05) is 26.9 Å². The van der Waals surface area contributed by atoms with Crippen molar-refractivity contribution >= 4 is 11.9 Å². The molecular weight excluding hydrogens is 260 g/mol. The van der Waals surface area contributed by atoms with Crippen molar-refractivity contribution in [2.24, 2.45) is 0 Å². The van der Waals surface area contributed by atoms with E-state index in [2.05, 4.69) is 10.6 Å². The van der Waals surface area contributed by atoms with E-state index in [1.165, 1.54) is 7.11 Å². The third-order valence-corrected chi connectivity index (χ3v) is 3.90. The topological polar surface area (TPSA) is 76.7 Å². The SMILES string of the molecule is CCC(CC)(CC(=O)OC)NC(=O)CC1COCCN1. The third-order valence-electron chi connectivity index (χ3n) is 3.90. The molecule has 20 heavy (non-hydrogen) atoms. The Morgan fingerprint density at radius 1 is 1.40 bits per heavy atom. The number of carbonyl (C=O) groups is 2. The molecule has 1 amide bonds. The molecule has 1 heterocycles. The number of nitrogens with one attached hydrogen (secondary N) is 2. The molecule has 1 aliphatic rings. The van der Waals surface area contributed by atoms with Crippen molar-refractivity contribution in [1.82, 2.24) is 10.6 Å². The summed E-state index contributed by atoms with van der Waals surface area (Å²) in [4.78, 5) is 23.7. The van der Waals surface area contributed by atoms with Gasteiger partial charge in [-0.2, -0.15) is 0 Å². The smallest absolute Gasteiger partial charge is 0.307 e. The van der Waals surface area contributed by atoms with Gasteiger partial charge in [-0.3, -0.25) is 9.59 Å². The van der Waals surface area contributed by atoms with Crippen LogP contribution in [0, 0.1) is 0 Å². The molecule has 0 radical (unpaired) electrons. The Morgan fingerprint density at radius 3 is 2.60 bits per heavy atom. The fraction of sp³-hybridized carbons (Fsp3) is 0.857. The van der Waals surface area contributed by atoms with Crippen LogP contribution in [0.2, 0.25) is 0 Å². The Kier molecular flexibility index (Phi) is 6.95. The summed E-state index contributed by atoms with van der Waals surface area (Å²) in [6, 6.07) is 0.0493. The highest BCUT2D eigenvalue weighted by atomic mass is 16.5. The monoisotopic (exact) mass is 286 g/mol. The predicted octanol–water partition coefficient (Wildman–Crippen LogP) is 0.603. The molecule has 116 valence electrons. The lowest BCUT2D eigenvalue weighted by molar-refractivity contribution is -0.143. The highest BCUT2D eigenvalue weighted by molar-refractivity contribution is 5.79. The summed E-state index contributed by atoms with van der Waals surface area (Å²) >= 11 is 0. The van der Waals surface area contributed by atoms with Crippen LogP contribution in [-0.4, -0.2) is 50.3 Å².